The summed E-state index contributed by atoms with van der Waals surface area (Å²) >= 11 is 5.80. The Labute approximate surface area is 344 Å². The molecule has 3 saturated heterocycles. The topological polar surface area (TPSA) is 274 Å². The van der Waals surface area contributed by atoms with Crippen LogP contribution in [0.3, 0.4) is 0 Å². The lowest BCUT2D eigenvalue weighted by molar-refractivity contribution is -0.118. The third-order valence-corrected chi connectivity index (χ3v) is 12.7. The molecule has 8 rings (SSSR count). The number of ether oxygens (including phenoxy) is 2. The van der Waals surface area contributed by atoms with Crippen molar-refractivity contribution in [2.24, 2.45) is 5.92 Å². The Bertz CT molecular complexity index is 2540. The van der Waals surface area contributed by atoms with Gasteiger partial charge >= 0.3 is 15.3 Å². The van der Waals surface area contributed by atoms with Crippen LogP contribution in [0.1, 0.15) is 49.5 Å². The van der Waals surface area contributed by atoms with E-state index in [-0.39, 0.29) is 54.5 Å². The van der Waals surface area contributed by atoms with Gasteiger partial charge in [0.1, 0.15) is 30.9 Å². The van der Waals surface area contributed by atoms with Crippen LogP contribution < -0.4 is 16.2 Å². The van der Waals surface area contributed by atoms with Crippen LogP contribution in [0.15, 0.2) is 54.1 Å². The van der Waals surface area contributed by atoms with Crippen molar-refractivity contribution in [2.75, 3.05) is 30.5 Å². The molecule has 0 aliphatic carbocycles. The van der Waals surface area contributed by atoms with Crippen LogP contribution in [0.2, 0.25) is 0 Å². The first-order valence-corrected chi connectivity index (χ1v) is 22.1. The average molecular weight is 888 g/mol. The Morgan fingerprint density at radius 2 is 1.87 bits per heavy atom. The van der Waals surface area contributed by atoms with Gasteiger partial charge in [0.05, 0.1) is 51.1 Å². The van der Waals surface area contributed by atoms with Crippen molar-refractivity contribution >= 4 is 73.0 Å². The number of halogens is 1. The molecule has 26 heteroatoms. The van der Waals surface area contributed by atoms with Crippen LogP contribution in [0.25, 0.3) is 22.3 Å². The maximum atomic E-state index is 16.4. The van der Waals surface area contributed by atoms with E-state index >= 15 is 4.39 Å². The number of carbonyl (C=O) groups excluding carboxylic acids is 2. The van der Waals surface area contributed by atoms with Gasteiger partial charge in [-0.2, -0.15) is 10.2 Å². The first-order valence-electron chi connectivity index (χ1n) is 18.4. The number of hydrogen-bond donors (Lipinski definition) is 4. The van der Waals surface area contributed by atoms with Crippen molar-refractivity contribution in [3.05, 3.63) is 65.2 Å². The maximum Gasteiger partial charge on any atom is 0.330 e. The fraction of sp³-hybridized carbons (Fsp3) is 0.441. The molecule has 2 amide bonds. The smallest absolute Gasteiger partial charge is 0.330 e. The Morgan fingerprint density at radius 1 is 1.08 bits per heavy atom. The molecule has 0 radical (unpaired) electrons. The number of hydrogen-bond acceptors (Lipinski definition) is 18. The summed E-state index contributed by atoms with van der Waals surface area (Å²) in [6, 6.07) is 10.5. The van der Waals surface area contributed by atoms with Gasteiger partial charge < -0.3 is 42.3 Å². The highest BCUT2D eigenvalue weighted by Gasteiger charge is 2.51. The average Bonchev–Trinajstić information content (AvgIpc) is 4.02. The second kappa shape index (κ2) is 17.7. The molecule has 1 aromatic carbocycles. The molecule has 316 valence electrons. The molecular weight excluding hydrogens is 851 g/mol. The van der Waals surface area contributed by atoms with Crippen LogP contribution >= 0.6 is 15.3 Å². The third kappa shape index (κ3) is 8.70. The number of nitrogens with zero attached hydrogens (tertiary/aromatic N) is 8. The van der Waals surface area contributed by atoms with Gasteiger partial charge in [-0.25, -0.2) is 24.3 Å². The van der Waals surface area contributed by atoms with E-state index in [4.69, 9.17) is 43.9 Å². The van der Waals surface area contributed by atoms with Crippen molar-refractivity contribution in [3.63, 3.8) is 0 Å². The number of benzene rings is 1. The summed E-state index contributed by atoms with van der Waals surface area (Å²) < 4.78 is 61.5. The van der Waals surface area contributed by atoms with Gasteiger partial charge in [-0.1, -0.05) is 32.0 Å². The zero-order valence-corrected chi connectivity index (χ0v) is 34.2. The molecule has 4 N–H and O–H groups in total. The Kier molecular flexibility index (Phi) is 12.4. The molecule has 22 nitrogen and oxygen atoms in total. The molecule has 60 heavy (non-hydrogen) atoms. The van der Waals surface area contributed by atoms with Crippen molar-refractivity contribution in [1.82, 2.24) is 39.0 Å². The van der Waals surface area contributed by atoms with E-state index in [9.17, 15) is 24.5 Å². The number of aromatic nitrogens is 8. The Hall–Kier alpha value is -4.76. The number of rotatable bonds is 9. The number of fused-ring (bicyclic) bond motifs is 5. The summed E-state index contributed by atoms with van der Waals surface area (Å²) in [6.45, 7) is -1.59. The lowest BCUT2D eigenvalue weighted by Crippen LogP contribution is -2.32. The van der Waals surface area contributed by atoms with E-state index in [1.165, 1.54) is 23.5 Å². The molecule has 5 aromatic rings. The van der Waals surface area contributed by atoms with E-state index in [0.717, 1.165) is 0 Å². The predicted molar refractivity (Wildman–Crippen MR) is 210 cm³/mol. The molecule has 9 atom stereocenters. The van der Waals surface area contributed by atoms with Crippen LogP contribution in [0, 0.1) is 17.2 Å². The van der Waals surface area contributed by atoms with Crippen LogP contribution in [-0.4, -0.2) is 106 Å². The lowest BCUT2D eigenvalue weighted by Gasteiger charge is -2.28. The number of nitrogens with one attached hydrogen (secondary N) is 3. The van der Waals surface area contributed by atoms with Crippen molar-refractivity contribution in [3.8, 4) is 6.07 Å². The molecule has 0 spiro atoms. The van der Waals surface area contributed by atoms with Gasteiger partial charge in [-0.05, 0) is 23.9 Å². The monoisotopic (exact) mass is 887 g/mol. The van der Waals surface area contributed by atoms with Crippen molar-refractivity contribution in [1.29, 1.82) is 5.26 Å². The predicted octanol–water partition coefficient (Wildman–Crippen LogP) is 3.52. The number of imidazole rings is 2. The minimum Gasteiger partial charge on any atom is -0.349 e. The van der Waals surface area contributed by atoms with Gasteiger partial charge in [-0.15, -0.1) is 0 Å². The highest BCUT2D eigenvalue weighted by Crippen LogP contribution is 2.55. The van der Waals surface area contributed by atoms with Gasteiger partial charge in [0.2, 0.25) is 11.9 Å². The number of H-pyrrole nitrogens is 1. The van der Waals surface area contributed by atoms with Crippen molar-refractivity contribution < 1.29 is 51.0 Å². The summed E-state index contributed by atoms with van der Waals surface area (Å²) in [5.41, 5.74) is 0.0796. The quantitative estimate of drug-likeness (QED) is 0.122. The molecule has 7 heterocycles. The number of anilines is 2. The minimum absolute atomic E-state index is 0.0662. The molecule has 4 aromatic heterocycles. The van der Waals surface area contributed by atoms with Gasteiger partial charge in [0, 0.05) is 17.9 Å². The second-order valence-corrected chi connectivity index (χ2v) is 17.8. The first kappa shape index (κ1) is 42.0. The zero-order chi connectivity index (χ0) is 42.1. The lowest BCUT2D eigenvalue weighted by atomic mass is 10.1. The van der Waals surface area contributed by atoms with E-state index in [1.807, 2.05) is 6.07 Å². The molecule has 3 aliphatic rings. The highest BCUT2D eigenvalue weighted by atomic mass is 32.5. The van der Waals surface area contributed by atoms with Gasteiger partial charge in [0.15, 0.2) is 40.5 Å². The van der Waals surface area contributed by atoms with E-state index in [1.54, 1.807) is 48.7 Å². The minimum atomic E-state index is -3.82. The van der Waals surface area contributed by atoms with Gasteiger partial charge in [-0.3, -0.25) is 33.8 Å². The van der Waals surface area contributed by atoms with Crippen LogP contribution in [-0.2, 0) is 48.7 Å². The molecule has 3 aliphatic heterocycles. The summed E-state index contributed by atoms with van der Waals surface area (Å²) in [5.74, 6) is -1.28. The highest BCUT2D eigenvalue weighted by molar-refractivity contribution is 8.07. The van der Waals surface area contributed by atoms with Crippen LogP contribution in [0.5, 0.6) is 0 Å². The summed E-state index contributed by atoms with van der Waals surface area (Å²) in [5, 5.41) is 14.5. The van der Waals surface area contributed by atoms with Gasteiger partial charge in [0.25, 0.3) is 11.5 Å². The Balaban J connectivity index is 1.06. The fourth-order valence-corrected chi connectivity index (χ4v) is 9.45. The van der Waals surface area contributed by atoms with E-state index in [2.05, 4.69) is 40.5 Å². The number of alkyl halides is 1. The summed E-state index contributed by atoms with van der Waals surface area (Å²) in [6.07, 6.45) is -5.14. The number of amides is 2. The number of nitriles is 1. The molecule has 2 bridgehead atoms. The summed E-state index contributed by atoms with van der Waals surface area (Å²) in [4.78, 5) is 73.3. The SMILES string of the molecule is CC(C)C(=O)Nc1nc2c(ncn2[C@@H]2O[C@@H]3COP(=S)(OCCC#N)O[C@H]4C[C@H](n5cnc6c(NC(=O)c7ccccc7)ncnc65)OC4COP(O)OC2[C@@H]3F)c(=O)[nH]1. The Morgan fingerprint density at radius 3 is 2.65 bits per heavy atom. The molecule has 0 saturated carbocycles. The second-order valence-electron chi connectivity index (χ2n) is 13.9. The van der Waals surface area contributed by atoms with E-state index < -0.39 is 88.3 Å². The maximum absolute atomic E-state index is 16.4. The largest absolute Gasteiger partial charge is 0.349 e. The molecule has 4 unspecified atom stereocenters. The molecule has 3 fully saturated rings. The first-order chi connectivity index (χ1) is 28.9. The standard InChI is InChI=1S/C34H36FN11O11P2S/c1-17(2)30(47)43-34-42-29-25(32(49)44-34)40-16-46(29)33-26-23(35)21(55-33)13-53-59(60,52-10-6-9-36)57-19-11-22(54-20(19)12-51-58(50)56-26)45-15-39-24-27(37-14-38-28(24)45)41-31(48)18-7-4-3-5-8-18/h3-5,7-8,14-17,19-23,26,33,50H,6,10-13H2,1-2H3,(H,37,38,41,48)(H2,42,43,44,47,49)/t19-,20?,21+,22+,23+,26?,33+,58?,59?/m0/s1. The third-order valence-electron chi connectivity index (χ3n) is 9.54. The molecular formula is C34H36FN11O11P2S. The zero-order valence-electron chi connectivity index (χ0n) is 31.6. The fourth-order valence-electron chi connectivity index (χ4n) is 6.56. The number of carbonyl (C=O) groups is 2. The van der Waals surface area contributed by atoms with Crippen LogP contribution in [0.4, 0.5) is 16.2 Å². The van der Waals surface area contributed by atoms with Crippen molar-refractivity contribution in [2.45, 2.75) is 69.7 Å². The number of aromatic amines is 1. The summed E-state index contributed by atoms with van der Waals surface area (Å²) in [7, 11) is -2.83. The van der Waals surface area contributed by atoms with E-state index in [0.29, 0.717) is 11.2 Å². The normalized spacial score (nSPS) is 28.4.